The topological polar surface area (TPSA) is 44.7 Å². The third-order valence-corrected chi connectivity index (χ3v) is 3.64. The molecule has 0 radical (unpaired) electrons. The van der Waals surface area contributed by atoms with Gasteiger partial charge in [-0.3, -0.25) is 0 Å². The predicted octanol–water partition coefficient (Wildman–Crippen LogP) is 2.12. The zero-order valence-electron chi connectivity index (χ0n) is 10.8. The van der Waals surface area contributed by atoms with Crippen LogP contribution in [0.3, 0.4) is 0 Å². The highest BCUT2D eigenvalue weighted by molar-refractivity contribution is 6.35. The van der Waals surface area contributed by atoms with Crippen molar-refractivity contribution in [3.8, 4) is 5.75 Å². The first-order valence-electron chi connectivity index (χ1n) is 6.24. The Morgan fingerprint density at radius 2 is 2.26 bits per heavy atom. The molecule has 19 heavy (non-hydrogen) atoms. The van der Waals surface area contributed by atoms with Gasteiger partial charge >= 0.3 is 0 Å². The van der Waals surface area contributed by atoms with Gasteiger partial charge in [-0.1, -0.05) is 23.2 Å². The number of hydrogen-bond acceptors (Lipinski definition) is 4. The first-order valence-corrected chi connectivity index (χ1v) is 6.99. The summed E-state index contributed by atoms with van der Waals surface area (Å²) in [4.78, 5) is 2.24. The Morgan fingerprint density at radius 3 is 3.00 bits per heavy atom. The van der Waals surface area contributed by atoms with E-state index in [2.05, 4.69) is 17.3 Å². The van der Waals surface area contributed by atoms with E-state index in [1.54, 1.807) is 6.07 Å². The first-order chi connectivity index (χ1) is 9.06. The maximum absolute atomic E-state index is 9.83. The normalized spacial score (nSPS) is 20.7. The van der Waals surface area contributed by atoms with Crippen LogP contribution in [-0.4, -0.2) is 49.4 Å². The van der Waals surface area contributed by atoms with Gasteiger partial charge in [0.1, 0.15) is 5.75 Å². The smallest absolute Gasteiger partial charge is 0.138 e. The summed E-state index contributed by atoms with van der Waals surface area (Å²) in [5.74, 6) is 0.0836. The average molecular weight is 305 g/mol. The maximum Gasteiger partial charge on any atom is 0.138 e. The second-order valence-electron chi connectivity index (χ2n) is 4.78. The highest BCUT2D eigenvalue weighted by atomic mass is 35.5. The number of likely N-dealkylation sites (N-methyl/N-ethyl adjacent to an activating group) is 1. The summed E-state index contributed by atoms with van der Waals surface area (Å²) in [6.45, 7) is 3.89. The lowest BCUT2D eigenvalue weighted by Crippen LogP contribution is -2.44. The molecule has 1 atom stereocenters. The van der Waals surface area contributed by atoms with Gasteiger partial charge in [-0.25, -0.2) is 0 Å². The van der Waals surface area contributed by atoms with Crippen LogP contribution in [0.5, 0.6) is 5.75 Å². The first kappa shape index (κ1) is 14.9. The molecule has 0 amide bonds. The molecule has 1 fully saturated rings. The number of nitrogens with one attached hydrogen (secondary N) is 1. The minimum atomic E-state index is 0.0836. The molecular formula is C13H18Cl2N2O2. The summed E-state index contributed by atoms with van der Waals surface area (Å²) in [5.41, 5.74) is 0.696. The van der Waals surface area contributed by atoms with Gasteiger partial charge in [-0.2, -0.15) is 0 Å². The van der Waals surface area contributed by atoms with Gasteiger partial charge in [0.25, 0.3) is 0 Å². The van der Waals surface area contributed by atoms with Crippen LogP contribution in [0.4, 0.5) is 0 Å². The van der Waals surface area contributed by atoms with Gasteiger partial charge in [0.2, 0.25) is 0 Å². The predicted molar refractivity (Wildman–Crippen MR) is 77.1 cm³/mol. The van der Waals surface area contributed by atoms with E-state index in [1.807, 2.05) is 0 Å². The van der Waals surface area contributed by atoms with E-state index in [4.69, 9.17) is 27.9 Å². The Morgan fingerprint density at radius 1 is 1.47 bits per heavy atom. The fraction of sp³-hybridized carbons (Fsp3) is 0.538. The number of rotatable bonds is 4. The van der Waals surface area contributed by atoms with Crippen molar-refractivity contribution in [2.75, 3.05) is 33.3 Å². The lowest BCUT2D eigenvalue weighted by molar-refractivity contribution is -0.0182. The van der Waals surface area contributed by atoms with Crippen LogP contribution < -0.4 is 5.32 Å². The number of hydrogen-bond donors (Lipinski definition) is 2. The second-order valence-corrected chi connectivity index (χ2v) is 5.62. The molecule has 0 aromatic heterocycles. The van der Waals surface area contributed by atoms with Gasteiger partial charge in [0.15, 0.2) is 0 Å². The summed E-state index contributed by atoms with van der Waals surface area (Å²) in [6, 6.07) is 3.24. The quantitative estimate of drug-likeness (QED) is 0.894. The molecule has 106 valence electrons. The third kappa shape index (κ3) is 4.23. The minimum Gasteiger partial charge on any atom is -0.506 e. The van der Waals surface area contributed by atoms with E-state index >= 15 is 0 Å². The SMILES string of the molecule is CN1CCOC(CNCc2cc(Cl)cc(Cl)c2O)C1. The number of benzene rings is 1. The van der Waals surface area contributed by atoms with Crippen LogP contribution in [0, 0.1) is 0 Å². The molecule has 1 unspecified atom stereocenters. The average Bonchev–Trinajstić information content (AvgIpc) is 2.35. The van der Waals surface area contributed by atoms with Crippen molar-refractivity contribution in [2.45, 2.75) is 12.6 Å². The molecule has 0 spiro atoms. The largest absolute Gasteiger partial charge is 0.506 e. The number of halogens is 2. The van der Waals surface area contributed by atoms with Crippen LogP contribution in [0.25, 0.3) is 0 Å². The van der Waals surface area contributed by atoms with Crippen LogP contribution in [0.2, 0.25) is 10.0 Å². The van der Waals surface area contributed by atoms with Crippen molar-refractivity contribution >= 4 is 23.2 Å². The molecule has 0 aliphatic carbocycles. The summed E-state index contributed by atoms with van der Waals surface area (Å²) in [7, 11) is 2.08. The number of phenolic OH excluding ortho intramolecular Hbond substituents is 1. The highest BCUT2D eigenvalue weighted by Crippen LogP contribution is 2.30. The number of morpholine rings is 1. The molecule has 1 aromatic carbocycles. The Labute approximate surface area is 123 Å². The molecule has 1 aliphatic rings. The van der Waals surface area contributed by atoms with E-state index in [0.717, 1.165) is 26.2 Å². The molecule has 1 aliphatic heterocycles. The molecule has 2 N–H and O–H groups in total. The highest BCUT2D eigenvalue weighted by Gasteiger charge is 2.17. The lowest BCUT2D eigenvalue weighted by Gasteiger charge is -2.30. The monoisotopic (exact) mass is 304 g/mol. The van der Waals surface area contributed by atoms with Gasteiger partial charge in [-0.15, -0.1) is 0 Å². The Balaban J connectivity index is 1.85. The van der Waals surface area contributed by atoms with Crippen molar-refractivity contribution < 1.29 is 9.84 Å². The summed E-state index contributed by atoms with van der Waals surface area (Å²) in [5, 5.41) is 13.9. The van der Waals surface area contributed by atoms with Gasteiger partial charge in [-0.05, 0) is 19.2 Å². The molecule has 1 heterocycles. The van der Waals surface area contributed by atoms with E-state index in [-0.39, 0.29) is 16.9 Å². The Kier molecular flexibility index (Phi) is 5.30. The summed E-state index contributed by atoms with van der Waals surface area (Å²) in [6.07, 6.45) is 0.176. The van der Waals surface area contributed by atoms with Crippen molar-refractivity contribution in [2.24, 2.45) is 0 Å². The molecular weight excluding hydrogens is 287 g/mol. The number of ether oxygens (including phenoxy) is 1. The van der Waals surface area contributed by atoms with Gasteiger partial charge in [0.05, 0.1) is 17.7 Å². The number of nitrogens with zero attached hydrogens (tertiary/aromatic N) is 1. The molecule has 2 rings (SSSR count). The summed E-state index contributed by atoms with van der Waals surface area (Å²) >= 11 is 11.8. The molecule has 0 saturated carbocycles. The van der Waals surface area contributed by atoms with Crippen molar-refractivity contribution in [1.29, 1.82) is 0 Å². The van der Waals surface area contributed by atoms with E-state index in [9.17, 15) is 5.11 Å². The Hall–Kier alpha value is -0.520. The van der Waals surface area contributed by atoms with E-state index in [0.29, 0.717) is 17.1 Å². The van der Waals surface area contributed by atoms with Crippen LogP contribution in [0.1, 0.15) is 5.56 Å². The van der Waals surface area contributed by atoms with Crippen molar-refractivity contribution in [1.82, 2.24) is 10.2 Å². The lowest BCUT2D eigenvalue weighted by atomic mass is 10.2. The third-order valence-electron chi connectivity index (χ3n) is 3.14. The maximum atomic E-state index is 9.83. The van der Waals surface area contributed by atoms with E-state index < -0.39 is 0 Å². The van der Waals surface area contributed by atoms with Crippen LogP contribution in [-0.2, 0) is 11.3 Å². The minimum absolute atomic E-state index is 0.0836. The van der Waals surface area contributed by atoms with E-state index in [1.165, 1.54) is 6.07 Å². The molecule has 6 heteroatoms. The second kappa shape index (κ2) is 6.77. The summed E-state index contributed by atoms with van der Waals surface area (Å²) < 4.78 is 5.65. The Bertz CT molecular complexity index is 443. The van der Waals surface area contributed by atoms with Crippen LogP contribution in [0.15, 0.2) is 12.1 Å². The fourth-order valence-corrected chi connectivity index (χ4v) is 2.65. The zero-order chi connectivity index (χ0) is 13.8. The van der Waals surface area contributed by atoms with Crippen molar-refractivity contribution in [3.05, 3.63) is 27.7 Å². The molecule has 0 bridgehead atoms. The number of phenols is 1. The fourth-order valence-electron chi connectivity index (χ4n) is 2.11. The molecule has 1 aromatic rings. The standard InChI is InChI=1S/C13H18Cl2N2O2/c1-17-2-3-19-11(8-17)7-16-6-9-4-10(14)5-12(15)13(9)18/h4-5,11,16,18H,2-3,6-8H2,1H3. The van der Waals surface area contributed by atoms with Crippen LogP contribution >= 0.6 is 23.2 Å². The molecule has 1 saturated heterocycles. The molecule has 4 nitrogen and oxygen atoms in total. The van der Waals surface area contributed by atoms with Crippen molar-refractivity contribution in [3.63, 3.8) is 0 Å². The van der Waals surface area contributed by atoms with Gasteiger partial charge < -0.3 is 20.1 Å². The number of aromatic hydroxyl groups is 1. The zero-order valence-corrected chi connectivity index (χ0v) is 12.3. The van der Waals surface area contributed by atoms with Gasteiger partial charge in [0, 0.05) is 36.8 Å².